The molecule has 0 unspecified atom stereocenters. The molecule has 0 spiro atoms. The molecular weight excluding hydrogens is 278 g/mol. The van der Waals surface area contributed by atoms with E-state index in [-0.39, 0.29) is 11.1 Å². The van der Waals surface area contributed by atoms with Crippen molar-refractivity contribution < 1.29 is 27.1 Å². The predicted octanol–water partition coefficient (Wildman–Crippen LogP) is 3.69. The highest BCUT2D eigenvalue weighted by molar-refractivity contribution is 5.70. The maximum atomic E-state index is 12.8. The average molecular weight is 291 g/mol. The van der Waals surface area contributed by atoms with E-state index in [9.17, 15) is 22.4 Å². The molecule has 7 heteroatoms. The number of carbonyl (C=O) groups is 1. The Kier molecular flexibility index (Phi) is 3.62. The third-order valence-corrected chi connectivity index (χ3v) is 3.39. The molecule has 110 valence electrons. The van der Waals surface area contributed by atoms with Crippen LogP contribution in [-0.2, 0) is 17.6 Å². The number of amides is 1. The standard InChI is InChI=1S/C13H13F4NO2/c1-7-11(20-12(19)18(7)2)9-3-8(6-14)4-10(5-9)13(15,16)17/h3-5,7,11H,6H2,1-2H3/t7-,11+/m0/s1. The second kappa shape index (κ2) is 4.96. The molecule has 0 radical (unpaired) electrons. The minimum Gasteiger partial charge on any atom is -0.439 e. The summed E-state index contributed by atoms with van der Waals surface area (Å²) in [6.07, 6.45) is -6.01. The molecule has 1 aliphatic heterocycles. The average Bonchev–Trinajstić information content (AvgIpc) is 2.65. The van der Waals surface area contributed by atoms with E-state index in [1.165, 1.54) is 18.0 Å². The van der Waals surface area contributed by atoms with E-state index in [0.29, 0.717) is 0 Å². The number of rotatable bonds is 2. The fourth-order valence-corrected chi connectivity index (χ4v) is 2.13. The molecular formula is C13H13F4NO2. The van der Waals surface area contributed by atoms with Crippen LogP contribution in [0.25, 0.3) is 0 Å². The van der Waals surface area contributed by atoms with Crippen molar-refractivity contribution in [1.29, 1.82) is 0 Å². The monoisotopic (exact) mass is 291 g/mol. The largest absolute Gasteiger partial charge is 0.439 e. The number of alkyl halides is 4. The van der Waals surface area contributed by atoms with Gasteiger partial charge >= 0.3 is 12.3 Å². The Morgan fingerprint density at radius 1 is 1.30 bits per heavy atom. The van der Waals surface area contributed by atoms with Crippen molar-refractivity contribution in [3.63, 3.8) is 0 Å². The molecule has 1 saturated heterocycles. The lowest BCUT2D eigenvalue weighted by molar-refractivity contribution is -0.137. The Morgan fingerprint density at radius 3 is 2.40 bits per heavy atom. The maximum Gasteiger partial charge on any atom is 0.416 e. The van der Waals surface area contributed by atoms with Gasteiger partial charge in [0.2, 0.25) is 0 Å². The number of hydrogen-bond acceptors (Lipinski definition) is 2. The van der Waals surface area contributed by atoms with E-state index >= 15 is 0 Å². The normalized spacial score (nSPS) is 23.1. The van der Waals surface area contributed by atoms with Crippen molar-refractivity contribution in [3.05, 3.63) is 34.9 Å². The second-order valence-electron chi connectivity index (χ2n) is 4.75. The fraction of sp³-hybridized carbons (Fsp3) is 0.462. The molecule has 1 amide bonds. The highest BCUT2D eigenvalue weighted by Gasteiger charge is 2.39. The van der Waals surface area contributed by atoms with Crippen LogP contribution < -0.4 is 0 Å². The topological polar surface area (TPSA) is 29.5 Å². The molecule has 0 bridgehead atoms. The van der Waals surface area contributed by atoms with Crippen LogP contribution in [0.3, 0.4) is 0 Å². The van der Waals surface area contributed by atoms with Gasteiger partial charge < -0.3 is 9.64 Å². The first kappa shape index (κ1) is 14.6. The summed E-state index contributed by atoms with van der Waals surface area (Å²) in [5, 5.41) is 0. The third-order valence-electron chi connectivity index (χ3n) is 3.39. The van der Waals surface area contributed by atoms with E-state index < -0.39 is 36.7 Å². The van der Waals surface area contributed by atoms with Crippen molar-refractivity contribution in [3.8, 4) is 0 Å². The van der Waals surface area contributed by atoms with Gasteiger partial charge in [-0.1, -0.05) is 0 Å². The molecule has 0 N–H and O–H groups in total. The molecule has 3 nitrogen and oxygen atoms in total. The number of cyclic esters (lactones) is 1. The van der Waals surface area contributed by atoms with Gasteiger partial charge in [-0.05, 0) is 36.2 Å². The quantitative estimate of drug-likeness (QED) is 0.778. The molecule has 1 aromatic rings. The Bertz CT molecular complexity index is 530. The Morgan fingerprint density at radius 2 is 1.95 bits per heavy atom. The van der Waals surface area contributed by atoms with E-state index in [0.717, 1.165) is 12.1 Å². The van der Waals surface area contributed by atoms with Gasteiger partial charge in [-0.2, -0.15) is 13.2 Å². The summed E-state index contributed by atoms with van der Waals surface area (Å²) in [5.41, 5.74) is -0.884. The molecule has 1 fully saturated rings. The number of nitrogens with zero attached hydrogens (tertiary/aromatic N) is 1. The summed E-state index contributed by atoms with van der Waals surface area (Å²) in [4.78, 5) is 12.7. The van der Waals surface area contributed by atoms with Gasteiger partial charge in [0.15, 0.2) is 0 Å². The number of halogens is 4. The van der Waals surface area contributed by atoms with Crippen LogP contribution >= 0.6 is 0 Å². The van der Waals surface area contributed by atoms with Crippen LogP contribution in [-0.4, -0.2) is 24.1 Å². The lowest BCUT2D eigenvalue weighted by atomic mass is 9.98. The van der Waals surface area contributed by atoms with Crippen LogP contribution in [0.1, 0.15) is 29.7 Å². The minimum absolute atomic E-state index is 0.0902. The lowest BCUT2D eigenvalue weighted by Gasteiger charge is -2.18. The number of hydrogen-bond donors (Lipinski definition) is 0. The molecule has 1 aliphatic rings. The highest BCUT2D eigenvalue weighted by Crippen LogP contribution is 2.36. The van der Waals surface area contributed by atoms with Crippen molar-refractivity contribution in [2.45, 2.75) is 31.9 Å². The fourth-order valence-electron chi connectivity index (χ4n) is 2.13. The molecule has 20 heavy (non-hydrogen) atoms. The Balaban J connectivity index is 2.44. The smallest absolute Gasteiger partial charge is 0.416 e. The van der Waals surface area contributed by atoms with Crippen molar-refractivity contribution in [2.24, 2.45) is 0 Å². The second-order valence-corrected chi connectivity index (χ2v) is 4.75. The van der Waals surface area contributed by atoms with Gasteiger partial charge in [0.1, 0.15) is 12.8 Å². The van der Waals surface area contributed by atoms with Gasteiger partial charge in [-0.25, -0.2) is 9.18 Å². The predicted molar refractivity (Wildman–Crippen MR) is 62.7 cm³/mol. The molecule has 2 rings (SSSR count). The van der Waals surface area contributed by atoms with Crippen LogP contribution in [0.5, 0.6) is 0 Å². The molecule has 0 aliphatic carbocycles. The first-order valence-electron chi connectivity index (χ1n) is 5.94. The van der Waals surface area contributed by atoms with E-state index in [1.54, 1.807) is 6.92 Å². The van der Waals surface area contributed by atoms with Gasteiger partial charge in [-0.3, -0.25) is 0 Å². The van der Waals surface area contributed by atoms with Crippen LogP contribution in [0.4, 0.5) is 22.4 Å². The lowest BCUT2D eigenvalue weighted by Crippen LogP contribution is -2.27. The van der Waals surface area contributed by atoms with Gasteiger partial charge in [0, 0.05) is 7.05 Å². The first-order valence-corrected chi connectivity index (χ1v) is 5.94. The Hall–Kier alpha value is -1.79. The van der Waals surface area contributed by atoms with E-state index in [2.05, 4.69) is 0 Å². The van der Waals surface area contributed by atoms with Crippen molar-refractivity contribution in [2.75, 3.05) is 7.05 Å². The van der Waals surface area contributed by atoms with Crippen LogP contribution in [0, 0.1) is 0 Å². The summed E-state index contributed by atoms with van der Waals surface area (Å²) in [7, 11) is 1.50. The molecule has 0 saturated carbocycles. The van der Waals surface area contributed by atoms with Crippen molar-refractivity contribution >= 4 is 6.09 Å². The summed E-state index contributed by atoms with van der Waals surface area (Å²) < 4.78 is 56.1. The summed E-state index contributed by atoms with van der Waals surface area (Å²) in [6, 6.07) is 2.53. The molecule has 1 aromatic carbocycles. The van der Waals surface area contributed by atoms with E-state index in [1.807, 2.05) is 0 Å². The third kappa shape index (κ3) is 2.57. The Labute approximate surface area is 113 Å². The van der Waals surface area contributed by atoms with Gasteiger partial charge in [0.25, 0.3) is 0 Å². The summed E-state index contributed by atoms with van der Waals surface area (Å²) in [6.45, 7) is 0.646. The SMILES string of the molecule is C[C@H]1[C@H](c2cc(CF)cc(C(F)(F)F)c2)OC(=O)N1C. The van der Waals surface area contributed by atoms with Crippen LogP contribution in [0.2, 0.25) is 0 Å². The zero-order valence-electron chi connectivity index (χ0n) is 10.9. The zero-order chi connectivity index (χ0) is 15.1. The molecule has 1 heterocycles. The van der Waals surface area contributed by atoms with Crippen molar-refractivity contribution in [1.82, 2.24) is 4.90 Å². The first-order chi connectivity index (χ1) is 9.24. The summed E-state index contributed by atoms with van der Waals surface area (Å²) in [5.74, 6) is 0. The summed E-state index contributed by atoms with van der Waals surface area (Å²) >= 11 is 0. The maximum absolute atomic E-state index is 12.8. The van der Waals surface area contributed by atoms with Gasteiger partial charge in [-0.15, -0.1) is 0 Å². The number of ether oxygens (including phenoxy) is 1. The van der Waals surface area contributed by atoms with Crippen LogP contribution in [0.15, 0.2) is 18.2 Å². The minimum atomic E-state index is -4.57. The number of carbonyl (C=O) groups excluding carboxylic acids is 1. The number of benzene rings is 1. The zero-order valence-corrected chi connectivity index (χ0v) is 10.9. The van der Waals surface area contributed by atoms with E-state index in [4.69, 9.17) is 4.74 Å². The molecule has 2 atom stereocenters. The number of likely N-dealkylation sites (N-methyl/N-ethyl adjacent to an activating group) is 1. The van der Waals surface area contributed by atoms with Gasteiger partial charge in [0.05, 0.1) is 11.6 Å². The highest BCUT2D eigenvalue weighted by atomic mass is 19.4. The molecule has 0 aromatic heterocycles.